The van der Waals surface area contributed by atoms with Crippen LogP contribution in [0.2, 0.25) is 0 Å². The van der Waals surface area contributed by atoms with Gasteiger partial charge in [0.2, 0.25) is 11.9 Å². The van der Waals surface area contributed by atoms with Gasteiger partial charge < -0.3 is 30.1 Å². The Hall–Kier alpha value is -3.40. The minimum Gasteiger partial charge on any atom is -0.489 e. The molecule has 0 fully saturated rings. The van der Waals surface area contributed by atoms with Crippen LogP contribution in [0.4, 0.5) is 23.1 Å². The Morgan fingerprint density at radius 1 is 1.33 bits per heavy atom. The number of nitrogens with zero attached hydrogens (tertiary/aromatic N) is 4. The lowest BCUT2D eigenvalue weighted by molar-refractivity contribution is -0.120. The van der Waals surface area contributed by atoms with E-state index >= 15 is 0 Å². The Balaban J connectivity index is 1.97. The van der Waals surface area contributed by atoms with E-state index in [-0.39, 0.29) is 42.4 Å². The Kier molecular flexibility index (Phi) is 6.36. The molecule has 1 aliphatic heterocycles. The number of carbonyl (C=O) groups excluding carboxylic acids is 1. The van der Waals surface area contributed by atoms with Crippen LogP contribution < -0.4 is 19.9 Å². The topological polar surface area (TPSA) is 128 Å². The highest BCUT2D eigenvalue weighted by Crippen LogP contribution is 2.36. The highest BCUT2D eigenvalue weighted by molar-refractivity contribution is 6.04. The van der Waals surface area contributed by atoms with Crippen LogP contribution in [0, 0.1) is 0 Å². The van der Waals surface area contributed by atoms with Gasteiger partial charge in [0, 0.05) is 13.6 Å². The first-order valence-corrected chi connectivity index (χ1v) is 9.70. The van der Waals surface area contributed by atoms with Crippen molar-refractivity contribution in [2.45, 2.75) is 26.3 Å². The van der Waals surface area contributed by atoms with Gasteiger partial charge >= 0.3 is 5.97 Å². The molecule has 160 valence electrons. The average molecular weight is 415 g/mol. The summed E-state index contributed by atoms with van der Waals surface area (Å²) in [7, 11) is 1.71. The van der Waals surface area contributed by atoms with Crippen molar-refractivity contribution < 1.29 is 24.5 Å². The highest BCUT2D eigenvalue weighted by atomic mass is 16.5. The molecule has 0 saturated heterocycles. The molecule has 0 spiro atoms. The van der Waals surface area contributed by atoms with Crippen LogP contribution in [0.1, 0.15) is 30.6 Å². The van der Waals surface area contributed by atoms with Crippen LogP contribution in [0.5, 0.6) is 5.75 Å². The number of hydrogen-bond donors (Lipinski definition) is 3. The van der Waals surface area contributed by atoms with Gasteiger partial charge in [0.15, 0.2) is 5.82 Å². The van der Waals surface area contributed by atoms with Crippen molar-refractivity contribution in [2.24, 2.45) is 0 Å². The zero-order chi connectivity index (χ0) is 21.8. The molecule has 30 heavy (non-hydrogen) atoms. The molecule has 10 nitrogen and oxygen atoms in total. The van der Waals surface area contributed by atoms with E-state index in [1.54, 1.807) is 24.2 Å². The number of anilines is 4. The Morgan fingerprint density at radius 3 is 2.73 bits per heavy atom. The van der Waals surface area contributed by atoms with E-state index in [2.05, 4.69) is 15.3 Å². The second-order valence-electron chi connectivity index (χ2n) is 6.72. The Bertz CT molecular complexity index is 951. The van der Waals surface area contributed by atoms with Gasteiger partial charge in [0.1, 0.15) is 24.1 Å². The van der Waals surface area contributed by atoms with Crippen LogP contribution >= 0.6 is 0 Å². The van der Waals surface area contributed by atoms with Crippen molar-refractivity contribution in [1.29, 1.82) is 0 Å². The molecular weight excluding hydrogens is 390 g/mol. The first kappa shape index (κ1) is 21.3. The van der Waals surface area contributed by atoms with E-state index in [1.165, 1.54) is 12.1 Å². The van der Waals surface area contributed by atoms with Crippen molar-refractivity contribution in [2.75, 3.05) is 41.9 Å². The molecule has 0 aliphatic carbocycles. The van der Waals surface area contributed by atoms with Crippen molar-refractivity contribution in [3.63, 3.8) is 0 Å². The van der Waals surface area contributed by atoms with Gasteiger partial charge in [-0.1, -0.05) is 6.92 Å². The second-order valence-corrected chi connectivity index (χ2v) is 6.72. The van der Waals surface area contributed by atoms with Gasteiger partial charge in [-0.15, -0.1) is 0 Å². The number of aliphatic hydroxyl groups is 1. The quantitative estimate of drug-likeness (QED) is 0.592. The number of aromatic carboxylic acids is 1. The number of hydrogen-bond acceptors (Lipinski definition) is 8. The zero-order valence-corrected chi connectivity index (χ0v) is 17.1. The van der Waals surface area contributed by atoms with Crippen molar-refractivity contribution in [3.8, 4) is 5.75 Å². The number of carboxylic acids is 1. The van der Waals surface area contributed by atoms with Crippen LogP contribution in [-0.4, -0.2) is 64.9 Å². The first-order chi connectivity index (χ1) is 14.4. The SMILES string of the molecule is CC[C@@H]1C(=O)N(C)c2cnc(Nc3ccc(C(=O)O)cc3OCCO)nc2N1CC. The monoisotopic (exact) mass is 415 g/mol. The number of ether oxygens (including phenoxy) is 1. The summed E-state index contributed by atoms with van der Waals surface area (Å²) >= 11 is 0. The van der Waals surface area contributed by atoms with E-state index in [0.717, 1.165) is 0 Å². The van der Waals surface area contributed by atoms with E-state index in [4.69, 9.17) is 9.84 Å². The van der Waals surface area contributed by atoms with Crippen LogP contribution in [0.25, 0.3) is 0 Å². The molecule has 0 radical (unpaired) electrons. The highest BCUT2D eigenvalue weighted by Gasteiger charge is 2.36. The van der Waals surface area contributed by atoms with Crippen LogP contribution in [0.15, 0.2) is 24.4 Å². The maximum atomic E-state index is 12.6. The average Bonchev–Trinajstić information content (AvgIpc) is 2.75. The fourth-order valence-electron chi connectivity index (χ4n) is 3.42. The van der Waals surface area contributed by atoms with Crippen LogP contribution in [-0.2, 0) is 4.79 Å². The normalized spacial score (nSPS) is 15.7. The maximum Gasteiger partial charge on any atom is 0.335 e. The molecule has 0 unspecified atom stereocenters. The minimum absolute atomic E-state index is 0.000100. The molecule has 0 bridgehead atoms. The Labute approximate surface area is 174 Å². The molecule has 2 aromatic rings. The van der Waals surface area contributed by atoms with Gasteiger partial charge in [0.25, 0.3) is 0 Å². The maximum absolute atomic E-state index is 12.6. The third-order valence-corrected chi connectivity index (χ3v) is 4.93. The third kappa shape index (κ3) is 3.99. The number of fused-ring (bicyclic) bond motifs is 1. The van der Waals surface area contributed by atoms with Gasteiger partial charge in [0.05, 0.1) is 24.1 Å². The van der Waals surface area contributed by atoms with E-state index in [9.17, 15) is 14.7 Å². The van der Waals surface area contributed by atoms with E-state index in [1.807, 2.05) is 18.7 Å². The minimum atomic E-state index is -1.09. The predicted octanol–water partition coefficient (Wildman–Crippen LogP) is 1.87. The number of likely N-dealkylation sites (N-methyl/N-ethyl adjacent to an activating group) is 2. The summed E-state index contributed by atoms with van der Waals surface area (Å²) in [5.41, 5.74) is 1.14. The summed E-state index contributed by atoms with van der Waals surface area (Å²) in [6.45, 7) is 4.33. The number of carbonyl (C=O) groups is 2. The number of benzene rings is 1. The number of aliphatic hydroxyl groups excluding tert-OH is 1. The lowest BCUT2D eigenvalue weighted by Crippen LogP contribution is -2.52. The molecular formula is C20H25N5O5. The summed E-state index contributed by atoms with van der Waals surface area (Å²) in [5, 5.41) is 21.3. The fourth-order valence-corrected chi connectivity index (χ4v) is 3.42. The first-order valence-electron chi connectivity index (χ1n) is 9.70. The molecule has 2 heterocycles. The van der Waals surface area contributed by atoms with Gasteiger partial charge in [-0.2, -0.15) is 4.98 Å². The molecule has 3 rings (SSSR count). The molecule has 1 aliphatic rings. The van der Waals surface area contributed by atoms with E-state index in [0.29, 0.717) is 30.2 Å². The van der Waals surface area contributed by atoms with Gasteiger partial charge in [-0.3, -0.25) is 4.79 Å². The number of aromatic nitrogens is 2. The number of amides is 1. The number of nitrogens with one attached hydrogen (secondary N) is 1. The summed E-state index contributed by atoms with van der Waals surface area (Å²) in [6, 6.07) is 4.07. The molecule has 0 saturated carbocycles. The van der Waals surface area contributed by atoms with Gasteiger partial charge in [-0.25, -0.2) is 9.78 Å². The third-order valence-electron chi connectivity index (χ3n) is 4.93. The zero-order valence-electron chi connectivity index (χ0n) is 17.1. The fraction of sp³-hybridized carbons (Fsp3) is 0.400. The standard InChI is InChI=1S/C20H25N5O5/c1-4-14-18(27)24(3)15-11-21-20(23-17(15)25(14)5-2)22-13-7-6-12(19(28)29)10-16(13)30-9-8-26/h6-7,10-11,14,26H,4-5,8-9H2,1-3H3,(H,28,29)(H,21,22,23)/t14-/m1/s1. The lowest BCUT2D eigenvalue weighted by atomic mass is 10.1. The molecule has 1 aromatic carbocycles. The summed E-state index contributed by atoms with van der Waals surface area (Å²) in [5.74, 6) is 0.0967. The predicted molar refractivity (Wildman–Crippen MR) is 112 cm³/mol. The lowest BCUT2D eigenvalue weighted by Gasteiger charge is -2.39. The summed E-state index contributed by atoms with van der Waals surface area (Å²) in [6.07, 6.45) is 2.23. The summed E-state index contributed by atoms with van der Waals surface area (Å²) < 4.78 is 5.48. The molecule has 3 N–H and O–H groups in total. The molecule has 1 atom stereocenters. The van der Waals surface area contributed by atoms with Crippen molar-refractivity contribution >= 4 is 35.0 Å². The van der Waals surface area contributed by atoms with Crippen LogP contribution in [0.3, 0.4) is 0 Å². The largest absolute Gasteiger partial charge is 0.489 e. The van der Waals surface area contributed by atoms with E-state index < -0.39 is 5.97 Å². The van der Waals surface area contributed by atoms with Crippen molar-refractivity contribution in [1.82, 2.24) is 9.97 Å². The second kappa shape index (κ2) is 8.95. The smallest absolute Gasteiger partial charge is 0.335 e. The van der Waals surface area contributed by atoms with Gasteiger partial charge in [-0.05, 0) is 31.5 Å². The number of rotatable bonds is 8. The Morgan fingerprint density at radius 2 is 2.10 bits per heavy atom. The van der Waals surface area contributed by atoms with Crippen molar-refractivity contribution in [3.05, 3.63) is 30.0 Å². The molecule has 1 aromatic heterocycles. The molecule has 10 heteroatoms. The number of carboxylic acid groups (broad SMARTS) is 1. The summed E-state index contributed by atoms with van der Waals surface area (Å²) in [4.78, 5) is 36.3. The molecule has 1 amide bonds.